The lowest BCUT2D eigenvalue weighted by Gasteiger charge is -2.23. The Bertz CT molecular complexity index is 389. The molecule has 1 atom stereocenters. The molecule has 0 saturated heterocycles. The van der Waals surface area contributed by atoms with Crippen molar-refractivity contribution in [2.45, 2.75) is 70.8 Å². The number of thiol groups is 1. The van der Waals surface area contributed by atoms with Gasteiger partial charge in [-0.2, -0.15) is 12.6 Å². The molecule has 0 aromatic heterocycles. The second-order valence-corrected chi connectivity index (χ2v) is 6.98. The Labute approximate surface area is 142 Å². The summed E-state index contributed by atoms with van der Waals surface area (Å²) in [6.07, 6.45) is 9.32. The number of nitrogens with two attached hydrogens (primary N) is 1. The van der Waals surface area contributed by atoms with E-state index in [0.29, 0.717) is 0 Å². The van der Waals surface area contributed by atoms with Gasteiger partial charge in [-0.05, 0) is 56.1 Å². The SMILES string of the molecule is CCCCCCCOc1ccc(CCC(C)(N)CCS)cc1. The summed E-state index contributed by atoms with van der Waals surface area (Å²) in [5.74, 6) is 1.82. The Hall–Kier alpha value is -0.670. The zero-order chi connectivity index (χ0) is 16.3. The summed E-state index contributed by atoms with van der Waals surface area (Å²) >= 11 is 4.27. The van der Waals surface area contributed by atoms with E-state index in [9.17, 15) is 0 Å². The summed E-state index contributed by atoms with van der Waals surface area (Å²) in [5, 5.41) is 0. The second-order valence-electron chi connectivity index (χ2n) is 6.53. The largest absolute Gasteiger partial charge is 0.494 e. The lowest BCUT2D eigenvalue weighted by Crippen LogP contribution is -2.37. The van der Waals surface area contributed by atoms with Crippen LogP contribution in [0.2, 0.25) is 0 Å². The fourth-order valence-electron chi connectivity index (χ4n) is 2.46. The third-order valence-corrected chi connectivity index (χ3v) is 4.33. The predicted molar refractivity (Wildman–Crippen MR) is 100 cm³/mol. The molecule has 0 amide bonds. The first-order chi connectivity index (χ1) is 10.6. The van der Waals surface area contributed by atoms with Gasteiger partial charge in [0.2, 0.25) is 0 Å². The maximum atomic E-state index is 6.25. The van der Waals surface area contributed by atoms with Crippen molar-refractivity contribution in [3.8, 4) is 5.75 Å². The molecule has 2 N–H and O–H groups in total. The second kappa shape index (κ2) is 11.0. The Balaban J connectivity index is 2.25. The van der Waals surface area contributed by atoms with Crippen molar-refractivity contribution in [3.63, 3.8) is 0 Å². The third kappa shape index (κ3) is 8.70. The molecule has 0 aliphatic carbocycles. The summed E-state index contributed by atoms with van der Waals surface area (Å²) in [6, 6.07) is 8.47. The smallest absolute Gasteiger partial charge is 0.119 e. The minimum absolute atomic E-state index is 0.116. The van der Waals surface area contributed by atoms with Gasteiger partial charge < -0.3 is 10.5 Å². The van der Waals surface area contributed by atoms with E-state index in [1.165, 1.54) is 31.2 Å². The molecule has 0 aliphatic rings. The van der Waals surface area contributed by atoms with E-state index in [-0.39, 0.29) is 5.54 Å². The van der Waals surface area contributed by atoms with E-state index in [1.54, 1.807) is 0 Å². The van der Waals surface area contributed by atoms with E-state index in [2.05, 4.69) is 50.7 Å². The van der Waals surface area contributed by atoms with Gasteiger partial charge in [0.05, 0.1) is 6.61 Å². The standard InChI is InChI=1S/C19H33NOS/c1-3-4-5-6-7-15-21-18-10-8-17(9-11-18)12-13-19(2,20)14-16-22/h8-11,22H,3-7,12-16,20H2,1-2H3. The average molecular weight is 324 g/mol. The van der Waals surface area contributed by atoms with Crippen LogP contribution in [-0.2, 0) is 6.42 Å². The van der Waals surface area contributed by atoms with E-state index >= 15 is 0 Å². The topological polar surface area (TPSA) is 35.2 Å². The number of hydrogen-bond donors (Lipinski definition) is 2. The van der Waals surface area contributed by atoms with Crippen LogP contribution in [-0.4, -0.2) is 17.9 Å². The van der Waals surface area contributed by atoms with E-state index in [1.807, 2.05) is 0 Å². The van der Waals surface area contributed by atoms with Gasteiger partial charge in [0, 0.05) is 5.54 Å². The third-order valence-electron chi connectivity index (χ3n) is 4.11. The zero-order valence-corrected chi connectivity index (χ0v) is 15.2. The minimum Gasteiger partial charge on any atom is -0.494 e. The van der Waals surface area contributed by atoms with Crippen LogP contribution in [0.15, 0.2) is 24.3 Å². The first-order valence-electron chi connectivity index (χ1n) is 8.69. The molecular formula is C19H33NOS. The van der Waals surface area contributed by atoms with Gasteiger partial charge in [0.15, 0.2) is 0 Å². The van der Waals surface area contributed by atoms with Crippen molar-refractivity contribution < 1.29 is 4.74 Å². The molecule has 3 heteroatoms. The number of aryl methyl sites for hydroxylation is 1. The molecule has 1 rings (SSSR count). The molecule has 1 unspecified atom stereocenters. The zero-order valence-electron chi connectivity index (χ0n) is 14.3. The summed E-state index contributed by atoms with van der Waals surface area (Å²) < 4.78 is 5.79. The molecule has 0 radical (unpaired) electrons. The van der Waals surface area contributed by atoms with Gasteiger partial charge in [-0.15, -0.1) is 0 Å². The number of ether oxygens (including phenoxy) is 1. The first kappa shape index (κ1) is 19.4. The van der Waals surface area contributed by atoms with Crippen molar-refractivity contribution in [2.75, 3.05) is 12.4 Å². The van der Waals surface area contributed by atoms with Crippen LogP contribution in [0.25, 0.3) is 0 Å². The quantitative estimate of drug-likeness (QED) is 0.419. The van der Waals surface area contributed by atoms with Crippen molar-refractivity contribution in [1.29, 1.82) is 0 Å². The molecule has 0 aliphatic heterocycles. The van der Waals surface area contributed by atoms with E-state index in [0.717, 1.165) is 43.8 Å². The van der Waals surface area contributed by atoms with Gasteiger partial charge in [-0.25, -0.2) is 0 Å². The summed E-state index contributed by atoms with van der Waals surface area (Å²) in [4.78, 5) is 0. The highest BCUT2D eigenvalue weighted by atomic mass is 32.1. The average Bonchev–Trinajstić information content (AvgIpc) is 2.50. The van der Waals surface area contributed by atoms with E-state index < -0.39 is 0 Å². The molecule has 1 aromatic rings. The molecule has 0 saturated carbocycles. The lowest BCUT2D eigenvalue weighted by atomic mass is 9.92. The summed E-state index contributed by atoms with van der Waals surface area (Å²) in [6.45, 7) is 5.18. The van der Waals surface area contributed by atoms with Gasteiger partial charge in [-0.3, -0.25) is 0 Å². The van der Waals surface area contributed by atoms with Crippen LogP contribution in [0.3, 0.4) is 0 Å². The molecule has 0 spiro atoms. The highest BCUT2D eigenvalue weighted by Gasteiger charge is 2.16. The summed E-state index contributed by atoms with van der Waals surface area (Å²) in [7, 11) is 0. The molecule has 22 heavy (non-hydrogen) atoms. The Morgan fingerprint density at radius 2 is 1.73 bits per heavy atom. The van der Waals surface area contributed by atoms with Gasteiger partial charge in [0.1, 0.15) is 5.75 Å². The number of rotatable bonds is 12. The Morgan fingerprint density at radius 3 is 2.36 bits per heavy atom. The fourth-order valence-corrected chi connectivity index (χ4v) is 2.97. The van der Waals surface area contributed by atoms with Crippen molar-refractivity contribution in [3.05, 3.63) is 29.8 Å². The minimum atomic E-state index is -0.116. The van der Waals surface area contributed by atoms with Crippen LogP contribution in [0.4, 0.5) is 0 Å². The van der Waals surface area contributed by atoms with Crippen molar-refractivity contribution in [1.82, 2.24) is 0 Å². The number of benzene rings is 1. The molecule has 1 aromatic carbocycles. The maximum absolute atomic E-state index is 6.25. The normalized spacial score (nSPS) is 13.8. The Kier molecular flexibility index (Phi) is 9.65. The fraction of sp³-hybridized carbons (Fsp3) is 0.684. The monoisotopic (exact) mass is 323 g/mol. The first-order valence-corrected chi connectivity index (χ1v) is 9.32. The van der Waals surface area contributed by atoms with Gasteiger partial charge in [0.25, 0.3) is 0 Å². The Morgan fingerprint density at radius 1 is 1.05 bits per heavy atom. The van der Waals surface area contributed by atoms with E-state index in [4.69, 9.17) is 10.5 Å². The van der Waals surface area contributed by atoms with Crippen LogP contribution >= 0.6 is 12.6 Å². The van der Waals surface area contributed by atoms with Gasteiger partial charge in [-0.1, -0.05) is 44.7 Å². The maximum Gasteiger partial charge on any atom is 0.119 e. The molecular weight excluding hydrogens is 290 g/mol. The molecule has 126 valence electrons. The van der Waals surface area contributed by atoms with Crippen LogP contribution < -0.4 is 10.5 Å². The number of hydrogen-bond acceptors (Lipinski definition) is 3. The van der Waals surface area contributed by atoms with Crippen LogP contribution in [0, 0.1) is 0 Å². The van der Waals surface area contributed by atoms with Gasteiger partial charge >= 0.3 is 0 Å². The molecule has 0 bridgehead atoms. The van der Waals surface area contributed by atoms with Crippen LogP contribution in [0.1, 0.15) is 64.4 Å². The lowest BCUT2D eigenvalue weighted by molar-refractivity contribution is 0.304. The highest BCUT2D eigenvalue weighted by molar-refractivity contribution is 7.80. The summed E-state index contributed by atoms with van der Waals surface area (Å²) in [5.41, 5.74) is 7.46. The molecule has 2 nitrogen and oxygen atoms in total. The van der Waals surface area contributed by atoms with Crippen molar-refractivity contribution >= 4 is 12.6 Å². The van der Waals surface area contributed by atoms with Crippen molar-refractivity contribution in [2.24, 2.45) is 5.73 Å². The predicted octanol–water partition coefficient (Wildman–Crippen LogP) is 5.01. The number of unbranched alkanes of at least 4 members (excludes halogenated alkanes) is 4. The molecule has 0 heterocycles. The molecule has 0 fully saturated rings. The highest BCUT2D eigenvalue weighted by Crippen LogP contribution is 2.18. The van der Waals surface area contributed by atoms with Crippen LogP contribution in [0.5, 0.6) is 5.75 Å².